The van der Waals surface area contributed by atoms with Crippen LogP contribution in [0.15, 0.2) is 77.4 Å². The molecule has 0 radical (unpaired) electrons. The maximum atomic E-state index is 13.1. The van der Waals surface area contributed by atoms with Crippen molar-refractivity contribution in [3.05, 3.63) is 89.3 Å². The van der Waals surface area contributed by atoms with Crippen LogP contribution in [0, 0.1) is 0 Å². The fourth-order valence-electron chi connectivity index (χ4n) is 4.06. The Hall–Kier alpha value is -3.84. The highest BCUT2D eigenvalue weighted by Gasteiger charge is 2.20. The summed E-state index contributed by atoms with van der Waals surface area (Å²) < 4.78 is 7.22. The number of furan rings is 1. The average molecular weight is 475 g/mol. The summed E-state index contributed by atoms with van der Waals surface area (Å²) in [6.45, 7) is 1.31. The Bertz CT molecular complexity index is 1310. The van der Waals surface area contributed by atoms with E-state index in [-0.39, 0.29) is 17.5 Å². The van der Waals surface area contributed by atoms with E-state index in [1.54, 1.807) is 35.2 Å². The van der Waals surface area contributed by atoms with Crippen LogP contribution in [0.3, 0.4) is 0 Å². The lowest BCUT2D eigenvalue weighted by molar-refractivity contribution is -0.133. The Morgan fingerprint density at radius 3 is 2.68 bits per heavy atom. The zero-order chi connectivity index (χ0) is 23.5. The van der Waals surface area contributed by atoms with Gasteiger partial charge in [-0.3, -0.25) is 9.59 Å². The highest BCUT2D eigenvalue weighted by molar-refractivity contribution is 6.30. The Morgan fingerprint density at radius 1 is 1.06 bits per heavy atom. The summed E-state index contributed by atoms with van der Waals surface area (Å²) in [6, 6.07) is 20.0. The molecule has 1 aliphatic heterocycles. The van der Waals surface area contributed by atoms with Gasteiger partial charge in [0.1, 0.15) is 5.69 Å². The number of nitrogens with one attached hydrogen (secondary N) is 1. The normalized spacial score (nSPS) is 13.8. The number of hydrogen-bond acceptors (Lipinski definition) is 4. The maximum Gasteiger partial charge on any atom is 0.276 e. The van der Waals surface area contributed by atoms with E-state index in [0.29, 0.717) is 35.1 Å². The van der Waals surface area contributed by atoms with E-state index in [9.17, 15) is 9.59 Å². The van der Waals surface area contributed by atoms with Crippen LogP contribution in [-0.2, 0) is 11.3 Å². The molecule has 1 N–H and O–H groups in total. The molecule has 1 saturated heterocycles. The van der Waals surface area contributed by atoms with Gasteiger partial charge in [-0.1, -0.05) is 23.7 Å². The first-order chi connectivity index (χ1) is 16.6. The number of halogens is 1. The van der Waals surface area contributed by atoms with Crippen LogP contribution in [0.1, 0.15) is 35.3 Å². The van der Waals surface area contributed by atoms with Crippen LogP contribution < -0.4 is 5.32 Å². The molecule has 0 spiro atoms. The van der Waals surface area contributed by atoms with E-state index in [2.05, 4.69) is 10.4 Å². The first-order valence-corrected chi connectivity index (χ1v) is 11.5. The van der Waals surface area contributed by atoms with Gasteiger partial charge in [-0.15, -0.1) is 0 Å². The van der Waals surface area contributed by atoms with Crippen molar-refractivity contribution in [2.24, 2.45) is 0 Å². The zero-order valence-electron chi connectivity index (χ0n) is 18.4. The second kappa shape index (κ2) is 9.57. The topological polar surface area (TPSA) is 80.4 Å². The Kier molecular flexibility index (Phi) is 6.18. The van der Waals surface area contributed by atoms with Gasteiger partial charge in [0.05, 0.1) is 12.0 Å². The number of anilines is 1. The Morgan fingerprint density at radius 2 is 1.91 bits per heavy atom. The van der Waals surface area contributed by atoms with Gasteiger partial charge in [-0.2, -0.15) is 5.10 Å². The molecule has 7 nitrogen and oxygen atoms in total. The van der Waals surface area contributed by atoms with Crippen LogP contribution in [0.4, 0.5) is 5.69 Å². The summed E-state index contributed by atoms with van der Waals surface area (Å²) >= 11 is 6.03. The van der Waals surface area contributed by atoms with Gasteiger partial charge in [0.25, 0.3) is 5.91 Å². The van der Waals surface area contributed by atoms with Gasteiger partial charge in [0.2, 0.25) is 5.91 Å². The quantitative estimate of drug-likeness (QED) is 0.397. The lowest BCUT2D eigenvalue weighted by Crippen LogP contribution is -2.34. The second-order valence-corrected chi connectivity index (χ2v) is 8.64. The molecule has 1 aliphatic rings. The lowest BCUT2D eigenvalue weighted by atomic mass is 10.1. The molecule has 3 heterocycles. The van der Waals surface area contributed by atoms with E-state index in [4.69, 9.17) is 16.0 Å². The van der Waals surface area contributed by atoms with Crippen molar-refractivity contribution in [1.29, 1.82) is 0 Å². The summed E-state index contributed by atoms with van der Waals surface area (Å²) in [5, 5.41) is 8.07. The molecule has 0 atom stereocenters. The molecule has 0 bridgehead atoms. The number of hydrogen-bond donors (Lipinski definition) is 1. The summed E-state index contributed by atoms with van der Waals surface area (Å²) in [4.78, 5) is 27.1. The maximum absolute atomic E-state index is 13.1. The highest BCUT2D eigenvalue weighted by Crippen LogP contribution is 2.26. The minimum Gasteiger partial charge on any atom is -0.463 e. The van der Waals surface area contributed by atoms with Crippen LogP contribution in [0.25, 0.3) is 17.1 Å². The molecule has 2 aromatic heterocycles. The smallest absolute Gasteiger partial charge is 0.276 e. The van der Waals surface area contributed by atoms with Gasteiger partial charge >= 0.3 is 0 Å². The van der Waals surface area contributed by atoms with Crippen molar-refractivity contribution in [1.82, 2.24) is 14.7 Å². The SMILES string of the molecule is O=C(Nc1cccc(CN2CCCCC2=O)c1)c1cc(-c2ccco2)n(-c2ccc(Cl)cc2)n1. The number of benzene rings is 2. The molecule has 0 saturated carbocycles. The van der Waals surface area contributed by atoms with Crippen molar-refractivity contribution in [2.75, 3.05) is 11.9 Å². The number of amides is 2. The second-order valence-electron chi connectivity index (χ2n) is 8.21. The first kappa shape index (κ1) is 22.0. The third kappa shape index (κ3) is 4.75. The zero-order valence-corrected chi connectivity index (χ0v) is 19.2. The number of piperidine rings is 1. The highest BCUT2D eigenvalue weighted by atomic mass is 35.5. The fourth-order valence-corrected chi connectivity index (χ4v) is 4.19. The monoisotopic (exact) mass is 474 g/mol. The molecular weight excluding hydrogens is 452 g/mol. The molecule has 0 unspecified atom stereocenters. The lowest BCUT2D eigenvalue weighted by Gasteiger charge is -2.26. The number of likely N-dealkylation sites (tertiary alicyclic amines) is 1. The van der Waals surface area contributed by atoms with Gasteiger partial charge in [0, 0.05) is 36.3 Å². The third-order valence-corrected chi connectivity index (χ3v) is 6.02. The fraction of sp³-hybridized carbons (Fsp3) is 0.192. The Labute approximate surface area is 201 Å². The molecule has 2 amide bonds. The van der Waals surface area contributed by atoms with Gasteiger partial charge in [-0.05, 0) is 66.9 Å². The molecular formula is C26H23ClN4O3. The molecule has 34 heavy (non-hydrogen) atoms. The van der Waals surface area contributed by atoms with Crippen molar-refractivity contribution in [2.45, 2.75) is 25.8 Å². The number of carbonyl (C=O) groups is 2. The molecule has 4 aromatic rings. The molecule has 172 valence electrons. The number of rotatable bonds is 6. The minimum atomic E-state index is -0.341. The van der Waals surface area contributed by atoms with Crippen molar-refractivity contribution >= 4 is 29.1 Å². The van der Waals surface area contributed by atoms with Crippen LogP contribution in [0.2, 0.25) is 5.02 Å². The van der Waals surface area contributed by atoms with Gasteiger partial charge in [-0.25, -0.2) is 4.68 Å². The van der Waals surface area contributed by atoms with E-state index in [1.165, 1.54) is 0 Å². The Balaban J connectivity index is 1.38. The van der Waals surface area contributed by atoms with E-state index in [1.807, 2.05) is 47.4 Å². The number of aromatic nitrogens is 2. The predicted octanol–water partition coefficient (Wildman–Crippen LogP) is 5.55. The summed E-state index contributed by atoms with van der Waals surface area (Å²) in [6.07, 6.45) is 4.15. The minimum absolute atomic E-state index is 0.180. The number of nitrogens with zero attached hydrogens (tertiary/aromatic N) is 3. The van der Waals surface area contributed by atoms with E-state index < -0.39 is 0 Å². The third-order valence-electron chi connectivity index (χ3n) is 5.77. The molecule has 5 rings (SSSR count). The molecule has 1 fully saturated rings. The van der Waals surface area contributed by atoms with Crippen molar-refractivity contribution in [3.8, 4) is 17.1 Å². The van der Waals surface area contributed by atoms with E-state index >= 15 is 0 Å². The van der Waals surface area contributed by atoms with Gasteiger partial charge in [0.15, 0.2) is 11.5 Å². The largest absolute Gasteiger partial charge is 0.463 e. The summed E-state index contributed by atoms with van der Waals surface area (Å²) in [7, 11) is 0. The van der Waals surface area contributed by atoms with Crippen LogP contribution in [-0.4, -0.2) is 33.0 Å². The average Bonchev–Trinajstić information content (AvgIpc) is 3.52. The molecule has 0 aliphatic carbocycles. The summed E-state index contributed by atoms with van der Waals surface area (Å²) in [5.74, 6) is 0.431. The standard InChI is InChI=1S/C26H23ClN4O3/c27-19-9-11-21(12-10-19)31-23(24-7-4-14-34-24)16-22(29-31)26(33)28-20-6-3-5-18(15-20)17-30-13-2-1-8-25(30)32/h3-7,9-12,14-16H,1-2,8,13,17H2,(H,28,33). The van der Waals surface area contributed by atoms with Crippen LogP contribution >= 0.6 is 11.6 Å². The number of carbonyl (C=O) groups excluding carboxylic acids is 2. The predicted molar refractivity (Wildman–Crippen MR) is 130 cm³/mol. The van der Waals surface area contributed by atoms with E-state index in [0.717, 1.165) is 30.6 Å². The van der Waals surface area contributed by atoms with Gasteiger partial charge < -0.3 is 14.6 Å². The first-order valence-electron chi connectivity index (χ1n) is 11.1. The van der Waals surface area contributed by atoms with Crippen molar-refractivity contribution < 1.29 is 14.0 Å². The molecule has 2 aromatic carbocycles. The summed E-state index contributed by atoms with van der Waals surface area (Å²) in [5.41, 5.74) is 3.26. The molecule has 8 heteroatoms. The van der Waals surface area contributed by atoms with Crippen LogP contribution in [0.5, 0.6) is 0 Å². The van der Waals surface area contributed by atoms with Crippen molar-refractivity contribution in [3.63, 3.8) is 0 Å².